The van der Waals surface area contributed by atoms with Gasteiger partial charge in [0.05, 0.1) is 11.1 Å². The molecule has 0 saturated carbocycles. The van der Waals surface area contributed by atoms with Crippen LogP contribution in [0.1, 0.15) is 28.4 Å². The number of fused-ring (bicyclic) bond motifs is 1. The lowest BCUT2D eigenvalue weighted by atomic mass is 10.1. The number of nitrogens with one attached hydrogen (secondary N) is 1. The lowest BCUT2D eigenvalue weighted by Gasteiger charge is -2.35. The Bertz CT molecular complexity index is 1410. The van der Waals surface area contributed by atoms with E-state index in [-0.39, 0.29) is 11.4 Å². The molecule has 1 fully saturated rings. The highest BCUT2D eigenvalue weighted by atomic mass is 19.4. The molecule has 2 aromatic carbocycles. The SMILES string of the molecule is CCc1ccnc(N2CCN(C(=O)c3ccc(Nc4ccnc5cc(C(F)(F)F)ccc45)cc3)CC2)c1. The van der Waals surface area contributed by atoms with Gasteiger partial charge in [0.15, 0.2) is 0 Å². The van der Waals surface area contributed by atoms with E-state index < -0.39 is 11.7 Å². The average Bonchev–Trinajstić information content (AvgIpc) is 2.92. The predicted molar refractivity (Wildman–Crippen MR) is 138 cm³/mol. The van der Waals surface area contributed by atoms with Crippen LogP contribution in [-0.4, -0.2) is 47.0 Å². The first-order chi connectivity index (χ1) is 17.8. The minimum atomic E-state index is -4.43. The van der Waals surface area contributed by atoms with Crippen LogP contribution >= 0.6 is 0 Å². The van der Waals surface area contributed by atoms with Crippen LogP contribution in [0.5, 0.6) is 0 Å². The number of piperazine rings is 1. The smallest absolute Gasteiger partial charge is 0.355 e. The maximum Gasteiger partial charge on any atom is 0.416 e. The molecular weight excluding hydrogens is 479 g/mol. The van der Waals surface area contributed by atoms with E-state index >= 15 is 0 Å². The lowest BCUT2D eigenvalue weighted by Crippen LogP contribution is -2.49. The first-order valence-electron chi connectivity index (χ1n) is 12.1. The fourth-order valence-electron chi connectivity index (χ4n) is 4.46. The van der Waals surface area contributed by atoms with Crippen LogP contribution < -0.4 is 10.2 Å². The summed E-state index contributed by atoms with van der Waals surface area (Å²) in [6.07, 6.45) is -0.174. The number of hydrogen-bond acceptors (Lipinski definition) is 5. The van der Waals surface area contributed by atoms with Crippen LogP contribution in [0.3, 0.4) is 0 Å². The third kappa shape index (κ3) is 5.35. The Morgan fingerprint density at radius 1 is 0.919 bits per heavy atom. The van der Waals surface area contributed by atoms with E-state index in [1.165, 1.54) is 17.8 Å². The van der Waals surface area contributed by atoms with Gasteiger partial charge in [-0.3, -0.25) is 9.78 Å². The number of amides is 1. The Morgan fingerprint density at radius 2 is 1.65 bits per heavy atom. The van der Waals surface area contributed by atoms with Crippen molar-refractivity contribution < 1.29 is 18.0 Å². The normalized spacial score (nSPS) is 14.2. The van der Waals surface area contributed by atoms with Crippen LogP contribution in [0.2, 0.25) is 0 Å². The first-order valence-corrected chi connectivity index (χ1v) is 12.1. The Labute approximate surface area is 212 Å². The molecular formula is C28H26F3N5O. The Kier molecular flexibility index (Phi) is 6.69. The number of aromatic nitrogens is 2. The summed E-state index contributed by atoms with van der Waals surface area (Å²) >= 11 is 0. The van der Waals surface area contributed by atoms with Crippen molar-refractivity contribution in [2.45, 2.75) is 19.5 Å². The van der Waals surface area contributed by atoms with Crippen molar-refractivity contribution in [2.75, 3.05) is 36.4 Å². The van der Waals surface area contributed by atoms with Gasteiger partial charge in [0.2, 0.25) is 0 Å². The maximum absolute atomic E-state index is 13.1. The zero-order valence-electron chi connectivity index (χ0n) is 20.3. The van der Waals surface area contributed by atoms with Crippen LogP contribution in [0.25, 0.3) is 10.9 Å². The topological polar surface area (TPSA) is 61.4 Å². The highest BCUT2D eigenvalue weighted by Crippen LogP contribution is 2.33. The van der Waals surface area contributed by atoms with E-state index in [1.54, 1.807) is 30.3 Å². The summed E-state index contributed by atoms with van der Waals surface area (Å²) in [5, 5.41) is 3.80. The molecule has 6 nitrogen and oxygen atoms in total. The number of aryl methyl sites for hydroxylation is 1. The van der Waals surface area contributed by atoms with Gasteiger partial charge in [-0.25, -0.2) is 4.98 Å². The second-order valence-electron chi connectivity index (χ2n) is 8.95. The molecule has 0 radical (unpaired) electrons. The van der Waals surface area contributed by atoms with E-state index in [4.69, 9.17) is 0 Å². The van der Waals surface area contributed by atoms with Gasteiger partial charge >= 0.3 is 6.18 Å². The highest BCUT2D eigenvalue weighted by Gasteiger charge is 2.30. The van der Waals surface area contributed by atoms with Crippen molar-refractivity contribution in [1.82, 2.24) is 14.9 Å². The van der Waals surface area contributed by atoms with Gasteiger partial charge < -0.3 is 15.1 Å². The number of nitrogens with zero attached hydrogens (tertiary/aromatic N) is 4. The number of carbonyl (C=O) groups is 1. The number of alkyl halides is 3. The summed E-state index contributed by atoms with van der Waals surface area (Å²) in [5.74, 6) is 0.913. The second kappa shape index (κ2) is 10.1. The molecule has 0 atom stereocenters. The fraction of sp³-hybridized carbons (Fsp3) is 0.250. The standard InChI is InChI=1S/C28H26F3N5O/c1-2-19-9-11-33-26(17-19)35-13-15-36(16-14-35)27(37)20-3-6-22(7-4-20)34-24-10-12-32-25-18-21(28(29,30)31)5-8-23(24)25/h3-12,17-18H,2,13-16H2,1H3,(H,32,34). The van der Waals surface area contributed by atoms with E-state index in [1.807, 2.05) is 17.2 Å². The summed E-state index contributed by atoms with van der Waals surface area (Å²) < 4.78 is 39.1. The third-order valence-electron chi connectivity index (χ3n) is 6.59. The summed E-state index contributed by atoms with van der Waals surface area (Å²) in [6.45, 7) is 4.77. The van der Waals surface area contributed by atoms with E-state index in [0.29, 0.717) is 29.7 Å². The van der Waals surface area contributed by atoms with Gasteiger partial charge in [0.25, 0.3) is 5.91 Å². The van der Waals surface area contributed by atoms with Gasteiger partial charge in [0, 0.05) is 60.9 Å². The molecule has 4 aromatic rings. The highest BCUT2D eigenvalue weighted by molar-refractivity contribution is 5.96. The number of rotatable bonds is 5. The Hall–Kier alpha value is -4.14. The number of benzene rings is 2. The van der Waals surface area contributed by atoms with Crippen molar-refractivity contribution in [2.24, 2.45) is 0 Å². The summed E-state index contributed by atoms with van der Waals surface area (Å²) in [6, 6.07) is 16.4. The molecule has 0 unspecified atom stereocenters. The lowest BCUT2D eigenvalue weighted by molar-refractivity contribution is -0.137. The zero-order valence-corrected chi connectivity index (χ0v) is 20.3. The molecule has 37 heavy (non-hydrogen) atoms. The quantitative estimate of drug-likeness (QED) is 0.365. The minimum absolute atomic E-state index is 0.0319. The summed E-state index contributed by atoms with van der Waals surface area (Å²) in [4.78, 5) is 25.7. The Balaban J connectivity index is 1.24. The van der Waals surface area contributed by atoms with E-state index in [0.717, 1.165) is 43.1 Å². The van der Waals surface area contributed by atoms with Gasteiger partial charge in [0.1, 0.15) is 5.82 Å². The van der Waals surface area contributed by atoms with E-state index in [2.05, 4.69) is 33.2 Å². The molecule has 9 heteroatoms. The molecule has 2 aromatic heterocycles. The number of carbonyl (C=O) groups excluding carboxylic acids is 1. The van der Waals surface area contributed by atoms with Crippen molar-refractivity contribution >= 4 is 34.0 Å². The Morgan fingerprint density at radius 3 is 2.35 bits per heavy atom. The number of hydrogen-bond donors (Lipinski definition) is 1. The second-order valence-corrected chi connectivity index (χ2v) is 8.95. The molecule has 0 spiro atoms. The van der Waals surface area contributed by atoms with Gasteiger partial charge in [-0.1, -0.05) is 13.0 Å². The van der Waals surface area contributed by atoms with E-state index in [9.17, 15) is 18.0 Å². The monoisotopic (exact) mass is 505 g/mol. The summed E-state index contributed by atoms with van der Waals surface area (Å²) in [7, 11) is 0. The molecule has 0 aliphatic carbocycles. The van der Waals surface area contributed by atoms with Crippen molar-refractivity contribution in [1.29, 1.82) is 0 Å². The molecule has 0 bridgehead atoms. The van der Waals surface area contributed by atoms with Gasteiger partial charge in [-0.2, -0.15) is 13.2 Å². The average molecular weight is 506 g/mol. The molecule has 1 aliphatic heterocycles. The molecule has 1 saturated heterocycles. The number of anilines is 3. The van der Waals surface area contributed by atoms with Crippen molar-refractivity contribution in [3.8, 4) is 0 Å². The van der Waals surface area contributed by atoms with Crippen LogP contribution in [-0.2, 0) is 12.6 Å². The third-order valence-corrected chi connectivity index (χ3v) is 6.59. The summed E-state index contributed by atoms with van der Waals surface area (Å²) in [5.41, 5.74) is 2.69. The molecule has 1 amide bonds. The number of halogens is 3. The van der Waals surface area contributed by atoms with Gasteiger partial charge in [-0.15, -0.1) is 0 Å². The van der Waals surface area contributed by atoms with Gasteiger partial charge in [-0.05, 0) is 66.6 Å². The largest absolute Gasteiger partial charge is 0.416 e. The van der Waals surface area contributed by atoms with Crippen molar-refractivity contribution in [3.05, 3.63) is 89.7 Å². The fourth-order valence-corrected chi connectivity index (χ4v) is 4.46. The predicted octanol–water partition coefficient (Wildman–Crippen LogP) is 5.92. The molecule has 190 valence electrons. The van der Waals surface area contributed by atoms with Crippen LogP contribution in [0.4, 0.5) is 30.4 Å². The molecule has 3 heterocycles. The molecule has 1 N–H and O–H groups in total. The zero-order chi connectivity index (χ0) is 26.0. The molecule has 1 aliphatic rings. The maximum atomic E-state index is 13.1. The van der Waals surface area contributed by atoms with Crippen LogP contribution in [0.15, 0.2) is 73.1 Å². The minimum Gasteiger partial charge on any atom is -0.355 e. The van der Waals surface area contributed by atoms with Crippen molar-refractivity contribution in [3.63, 3.8) is 0 Å². The van der Waals surface area contributed by atoms with Crippen LogP contribution in [0, 0.1) is 0 Å². The molecule has 5 rings (SSSR count). The first kappa shape index (κ1) is 24.5. The number of pyridine rings is 2.